The van der Waals surface area contributed by atoms with Gasteiger partial charge >= 0.3 is 5.97 Å². The molecule has 0 bridgehead atoms. The second-order valence-electron chi connectivity index (χ2n) is 4.20. The Bertz CT molecular complexity index is 516. The smallest absolute Gasteiger partial charge is 0.310 e. The Morgan fingerprint density at radius 1 is 1.47 bits per heavy atom. The number of hydrogen-bond donors (Lipinski definition) is 1. The Labute approximate surface area is 113 Å². The molecule has 0 atom stereocenters. The summed E-state index contributed by atoms with van der Waals surface area (Å²) in [5.41, 5.74) is 0. The highest BCUT2D eigenvalue weighted by atomic mass is 35.5. The molecule has 2 rings (SSSR count). The molecule has 0 spiro atoms. The summed E-state index contributed by atoms with van der Waals surface area (Å²) < 4.78 is 18.0. The van der Waals surface area contributed by atoms with Crippen molar-refractivity contribution in [2.45, 2.75) is 0 Å². The molecule has 0 aromatic heterocycles. The number of benzene rings is 1. The fourth-order valence-corrected chi connectivity index (χ4v) is 1.88. The van der Waals surface area contributed by atoms with Crippen LogP contribution in [0.3, 0.4) is 0 Å². The van der Waals surface area contributed by atoms with Crippen molar-refractivity contribution in [1.29, 1.82) is 0 Å². The molecule has 5 nitrogen and oxygen atoms in total. The molecular weight excluding hydrogens is 277 g/mol. The predicted molar refractivity (Wildman–Crippen MR) is 64.6 cm³/mol. The predicted octanol–water partition coefficient (Wildman–Crippen LogP) is 1.40. The fourth-order valence-electron chi connectivity index (χ4n) is 1.66. The molecule has 19 heavy (non-hydrogen) atoms. The number of carboxylic acid groups (broad SMARTS) is 1. The largest absolute Gasteiger partial charge is 0.482 e. The van der Waals surface area contributed by atoms with Crippen LogP contribution in [0.2, 0.25) is 5.02 Å². The van der Waals surface area contributed by atoms with Crippen molar-refractivity contribution < 1.29 is 23.8 Å². The Balaban J connectivity index is 1.83. The van der Waals surface area contributed by atoms with Crippen molar-refractivity contribution >= 4 is 23.5 Å². The molecule has 0 saturated carbocycles. The van der Waals surface area contributed by atoms with Crippen LogP contribution in [0.1, 0.15) is 0 Å². The monoisotopic (exact) mass is 287 g/mol. The molecule has 0 aliphatic carbocycles. The number of ether oxygens (including phenoxy) is 1. The fraction of sp³-hybridized carbons (Fsp3) is 0.333. The number of likely N-dealkylation sites (tertiary alicyclic amines) is 1. The van der Waals surface area contributed by atoms with Gasteiger partial charge in [-0.25, -0.2) is 4.39 Å². The number of carbonyl (C=O) groups excluding carboxylic acids is 1. The number of carbonyl (C=O) groups is 2. The lowest BCUT2D eigenvalue weighted by atomic mass is 10.0. The van der Waals surface area contributed by atoms with Crippen LogP contribution in [0.5, 0.6) is 5.75 Å². The summed E-state index contributed by atoms with van der Waals surface area (Å²) in [5.74, 6) is -2.01. The number of amides is 1. The first-order chi connectivity index (χ1) is 8.97. The third-order valence-corrected chi connectivity index (χ3v) is 3.12. The van der Waals surface area contributed by atoms with E-state index >= 15 is 0 Å². The molecule has 1 saturated heterocycles. The van der Waals surface area contributed by atoms with E-state index in [9.17, 15) is 14.0 Å². The number of nitrogens with zero attached hydrogens (tertiary/aromatic N) is 1. The van der Waals surface area contributed by atoms with Crippen LogP contribution in [0.4, 0.5) is 4.39 Å². The first-order valence-corrected chi connectivity index (χ1v) is 5.93. The van der Waals surface area contributed by atoms with E-state index in [4.69, 9.17) is 21.4 Å². The van der Waals surface area contributed by atoms with Crippen molar-refractivity contribution in [2.75, 3.05) is 19.7 Å². The van der Waals surface area contributed by atoms with Gasteiger partial charge in [0.15, 0.2) is 6.61 Å². The molecule has 1 fully saturated rings. The summed E-state index contributed by atoms with van der Waals surface area (Å²) in [4.78, 5) is 23.6. The SMILES string of the molecule is O=C(O)C1CN(C(=O)COc2ccc(F)cc2Cl)C1. The van der Waals surface area contributed by atoms with Crippen LogP contribution < -0.4 is 4.74 Å². The average Bonchev–Trinajstić information content (AvgIpc) is 2.25. The lowest BCUT2D eigenvalue weighted by molar-refractivity contribution is -0.153. The number of halogens is 2. The van der Waals surface area contributed by atoms with E-state index in [2.05, 4.69) is 0 Å². The van der Waals surface area contributed by atoms with Gasteiger partial charge in [-0.05, 0) is 18.2 Å². The minimum atomic E-state index is -0.911. The topological polar surface area (TPSA) is 66.8 Å². The lowest BCUT2D eigenvalue weighted by Gasteiger charge is -2.36. The van der Waals surface area contributed by atoms with Gasteiger partial charge in [0.1, 0.15) is 11.6 Å². The lowest BCUT2D eigenvalue weighted by Crippen LogP contribution is -2.54. The van der Waals surface area contributed by atoms with Crippen LogP contribution in [-0.2, 0) is 9.59 Å². The molecule has 1 amide bonds. The minimum Gasteiger partial charge on any atom is -0.482 e. The second-order valence-corrected chi connectivity index (χ2v) is 4.60. The molecule has 1 aromatic carbocycles. The standard InChI is InChI=1S/C12H11ClFNO4/c13-9-3-8(14)1-2-10(9)19-6-11(16)15-4-7(5-15)12(17)18/h1-3,7H,4-6H2,(H,17,18). The first-order valence-electron chi connectivity index (χ1n) is 5.56. The van der Waals surface area contributed by atoms with Crippen molar-refractivity contribution in [3.05, 3.63) is 29.0 Å². The summed E-state index contributed by atoms with van der Waals surface area (Å²) >= 11 is 5.74. The molecule has 0 radical (unpaired) electrons. The Kier molecular flexibility index (Phi) is 3.90. The van der Waals surface area contributed by atoms with E-state index in [1.165, 1.54) is 17.0 Å². The number of hydrogen-bond acceptors (Lipinski definition) is 3. The molecule has 1 heterocycles. The van der Waals surface area contributed by atoms with Gasteiger partial charge < -0.3 is 14.7 Å². The maximum Gasteiger partial charge on any atom is 0.310 e. The molecule has 1 aliphatic heterocycles. The molecule has 102 valence electrons. The van der Waals surface area contributed by atoms with E-state index in [0.717, 1.165) is 6.07 Å². The zero-order valence-electron chi connectivity index (χ0n) is 9.81. The third kappa shape index (κ3) is 3.14. The zero-order chi connectivity index (χ0) is 14.0. The number of carboxylic acids is 1. The maximum absolute atomic E-state index is 12.8. The summed E-state index contributed by atoms with van der Waals surface area (Å²) in [5, 5.41) is 8.76. The van der Waals surface area contributed by atoms with Crippen molar-refractivity contribution in [1.82, 2.24) is 4.90 Å². The van der Waals surface area contributed by atoms with Gasteiger partial charge in [-0.1, -0.05) is 11.6 Å². The molecule has 0 unspecified atom stereocenters. The van der Waals surface area contributed by atoms with Crippen LogP contribution >= 0.6 is 11.6 Å². The highest BCUT2D eigenvalue weighted by Gasteiger charge is 2.35. The quantitative estimate of drug-likeness (QED) is 0.909. The van der Waals surface area contributed by atoms with E-state index in [-0.39, 0.29) is 36.4 Å². The summed E-state index contributed by atoms with van der Waals surface area (Å²) in [6.45, 7) is 0.126. The summed E-state index contributed by atoms with van der Waals surface area (Å²) in [7, 11) is 0. The molecule has 1 aliphatic rings. The van der Waals surface area contributed by atoms with Crippen LogP contribution in [0.15, 0.2) is 18.2 Å². The number of rotatable bonds is 4. The summed E-state index contributed by atoms with van der Waals surface area (Å²) in [6.07, 6.45) is 0. The van der Waals surface area contributed by atoms with Gasteiger partial charge in [0.2, 0.25) is 0 Å². The molecular formula is C12H11ClFNO4. The zero-order valence-corrected chi connectivity index (χ0v) is 10.6. The Hall–Kier alpha value is -1.82. The van der Waals surface area contributed by atoms with Gasteiger partial charge in [-0.2, -0.15) is 0 Å². The van der Waals surface area contributed by atoms with E-state index in [1.807, 2.05) is 0 Å². The first kappa shape index (κ1) is 13.6. The molecule has 1 N–H and O–H groups in total. The highest BCUT2D eigenvalue weighted by molar-refractivity contribution is 6.32. The molecule has 1 aromatic rings. The Morgan fingerprint density at radius 2 is 2.16 bits per heavy atom. The molecule has 7 heteroatoms. The van der Waals surface area contributed by atoms with E-state index < -0.39 is 17.7 Å². The van der Waals surface area contributed by atoms with Gasteiger partial charge in [-0.15, -0.1) is 0 Å². The minimum absolute atomic E-state index is 0.0832. The van der Waals surface area contributed by atoms with Crippen molar-refractivity contribution in [3.8, 4) is 5.75 Å². The van der Waals surface area contributed by atoms with Gasteiger partial charge in [-0.3, -0.25) is 9.59 Å². The van der Waals surface area contributed by atoms with E-state index in [0.29, 0.717) is 0 Å². The van der Waals surface area contributed by atoms with Crippen LogP contribution in [0.25, 0.3) is 0 Å². The third-order valence-electron chi connectivity index (χ3n) is 2.83. The van der Waals surface area contributed by atoms with E-state index in [1.54, 1.807) is 0 Å². The van der Waals surface area contributed by atoms with Gasteiger partial charge in [0, 0.05) is 13.1 Å². The maximum atomic E-state index is 12.8. The summed E-state index contributed by atoms with van der Waals surface area (Å²) in [6, 6.07) is 3.60. The average molecular weight is 288 g/mol. The van der Waals surface area contributed by atoms with Crippen LogP contribution in [0, 0.1) is 11.7 Å². The number of aliphatic carboxylic acids is 1. The Morgan fingerprint density at radius 3 is 2.74 bits per heavy atom. The highest BCUT2D eigenvalue weighted by Crippen LogP contribution is 2.25. The normalized spacial score (nSPS) is 14.9. The van der Waals surface area contributed by atoms with Crippen molar-refractivity contribution in [2.24, 2.45) is 5.92 Å². The van der Waals surface area contributed by atoms with Gasteiger partial charge in [0.25, 0.3) is 5.91 Å². The van der Waals surface area contributed by atoms with Gasteiger partial charge in [0.05, 0.1) is 10.9 Å². The second kappa shape index (κ2) is 5.44. The van der Waals surface area contributed by atoms with Crippen LogP contribution in [-0.4, -0.2) is 41.6 Å². The van der Waals surface area contributed by atoms with Crippen molar-refractivity contribution in [3.63, 3.8) is 0 Å².